The topological polar surface area (TPSA) is 24.1 Å². The minimum absolute atomic E-state index is 0.448. The molecule has 1 saturated carbocycles. The molecule has 0 aromatic heterocycles. The van der Waals surface area contributed by atoms with Crippen molar-refractivity contribution < 1.29 is 0 Å². The van der Waals surface area contributed by atoms with E-state index in [1.807, 2.05) is 6.08 Å². The van der Waals surface area contributed by atoms with Crippen molar-refractivity contribution in [2.24, 2.45) is 5.92 Å². The van der Waals surface area contributed by atoms with Crippen LogP contribution in [-0.2, 0) is 0 Å². The lowest BCUT2D eigenvalue weighted by Gasteiger charge is -2.40. The molecule has 2 fully saturated rings. The van der Waals surface area contributed by atoms with Crippen LogP contribution in [0.1, 0.15) is 51.9 Å². The Balaban J connectivity index is 1.93. The fourth-order valence-corrected chi connectivity index (χ4v) is 3.50. The van der Waals surface area contributed by atoms with E-state index in [-0.39, 0.29) is 0 Å². The van der Waals surface area contributed by atoms with Gasteiger partial charge in [-0.05, 0) is 45.1 Å². The molecule has 2 N–H and O–H groups in total. The van der Waals surface area contributed by atoms with Crippen LogP contribution in [0.2, 0.25) is 0 Å². The first-order valence-corrected chi connectivity index (χ1v) is 7.43. The Morgan fingerprint density at radius 1 is 1.18 bits per heavy atom. The Kier molecular flexibility index (Phi) is 5.05. The molecule has 0 spiro atoms. The molecule has 0 aromatic carbocycles. The number of hydrogen-bond acceptors (Lipinski definition) is 2. The quantitative estimate of drug-likeness (QED) is 0.734. The monoisotopic (exact) mass is 236 g/mol. The van der Waals surface area contributed by atoms with Gasteiger partial charge >= 0.3 is 0 Å². The Labute approximate surface area is 106 Å². The van der Waals surface area contributed by atoms with E-state index < -0.39 is 0 Å². The normalized spacial score (nSPS) is 36.4. The predicted octanol–water partition coefficient (Wildman–Crippen LogP) is 2.85. The fraction of sp³-hybridized carbons (Fsp3) is 0.867. The molecule has 0 bridgehead atoms. The molecule has 1 heterocycles. The molecule has 2 nitrogen and oxygen atoms in total. The van der Waals surface area contributed by atoms with Crippen LogP contribution in [0, 0.1) is 5.92 Å². The average Bonchev–Trinajstić information content (AvgIpc) is 2.40. The zero-order valence-electron chi connectivity index (χ0n) is 11.3. The van der Waals surface area contributed by atoms with Gasteiger partial charge in [0.05, 0.1) is 0 Å². The van der Waals surface area contributed by atoms with Crippen molar-refractivity contribution in [3.05, 3.63) is 12.7 Å². The largest absolute Gasteiger partial charge is 0.314 e. The molecule has 2 heteroatoms. The molecule has 1 saturated heterocycles. The summed E-state index contributed by atoms with van der Waals surface area (Å²) in [5.41, 5.74) is 0. The third-order valence-corrected chi connectivity index (χ3v) is 4.52. The van der Waals surface area contributed by atoms with Gasteiger partial charge in [0.1, 0.15) is 0 Å². The van der Waals surface area contributed by atoms with E-state index in [0.717, 1.165) is 12.0 Å². The van der Waals surface area contributed by atoms with Crippen molar-refractivity contribution in [3.63, 3.8) is 0 Å². The molecular weight excluding hydrogens is 208 g/mol. The zero-order chi connectivity index (χ0) is 12.1. The Bertz CT molecular complexity index is 233. The minimum atomic E-state index is 0.448. The Hall–Kier alpha value is -0.340. The van der Waals surface area contributed by atoms with Crippen molar-refractivity contribution >= 4 is 0 Å². The van der Waals surface area contributed by atoms with Crippen LogP contribution in [0.15, 0.2) is 12.7 Å². The molecule has 17 heavy (non-hydrogen) atoms. The fourth-order valence-electron chi connectivity index (χ4n) is 3.50. The summed E-state index contributed by atoms with van der Waals surface area (Å²) < 4.78 is 0. The average molecular weight is 236 g/mol. The van der Waals surface area contributed by atoms with Gasteiger partial charge in [0, 0.05) is 18.1 Å². The van der Waals surface area contributed by atoms with Crippen molar-refractivity contribution in [1.29, 1.82) is 0 Å². The Morgan fingerprint density at radius 2 is 1.94 bits per heavy atom. The molecule has 0 amide bonds. The lowest BCUT2D eigenvalue weighted by molar-refractivity contribution is 0.178. The van der Waals surface area contributed by atoms with Crippen LogP contribution >= 0.6 is 0 Å². The van der Waals surface area contributed by atoms with Crippen LogP contribution in [-0.4, -0.2) is 24.7 Å². The van der Waals surface area contributed by atoms with E-state index in [9.17, 15) is 0 Å². The van der Waals surface area contributed by atoms with Gasteiger partial charge < -0.3 is 10.6 Å². The maximum Gasteiger partial charge on any atom is 0.0221 e. The Morgan fingerprint density at radius 3 is 2.65 bits per heavy atom. The maximum atomic E-state index is 3.89. The molecule has 4 unspecified atom stereocenters. The summed E-state index contributed by atoms with van der Waals surface area (Å²) in [7, 11) is 0. The molecule has 1 aliphatic heterocycles. The second-order valence-corrected chi connectivity index (χ2v) is 5.80. The van der Waals surface area contributed by atoms with Gasteiger partial charge in [-0.2, -0.15) is 0 Å². The molecule has 0 aromatic rings. The first kappa shape index (κ1) is 13.1. The van der Waals surface area contributed by atoms with Gasteiger partial charge in [0.2, 0.25) is 0 Å². The summed E-state index contributed by atoms with van der Waals surface area (Å²) in [6.07, 6.45) is 11.8. The predicted molar refractivity (Wildman–Crippen MR) is 74.2 cm³/mol. The molecule has 0 radical (unpaired) electrons. The number of hydrogen-bond donors (Lipinski definition) is 2. The second-order valence-electron chi connectivity index (χ2n) is 5.80. The van der Waals surface area contributed by atoms with Gasteiger partial charge in [-0.1, -0.05) is 25.3 Å². The smallest absolute Gasteiger partial charge is 0.0221 e. The first-order valence-electron chi connectivity index (χ1n) is 7.43. The molecule has 4 atom stereocenters. The second kappa shape index (κ2) is 6.55. The zero-order valence-corrected chi connectivity index (χ0v) is 11.3. The highest BCUT2D eigenvalue weighted by molar-refractivity contribution is 4.94. The third-order valence-electron chi connectivity index (χ3n) is 4.52. The SMILES string of the molecule is C=CC(C)NC1CCCCC1C1CCCCN1. The van der Waals surface area contributed by atoms with Gasteiger partial charge in [-0.15, -0.1) is 6.58 Å². The van der Waals surface area contributed by atoms with Gasteiger partial charge in [0.15, 0.2) is 0 Å². The van der Waals surface area contributed by atoms with Crippen LogP contribution in [0.25, 0.3) is 0 Å². The molecule has 2 aliphatic rings. The van der Waals surface area contributed by atoms with E-state index in [1.165, 1.54) is 51.5 Å². The highest BCUT2D eigenvalue weighted by Crippen LogP contribution is 2.30. The highest BCUT2D eigenvalue weighted by atomic mass is 15.0. The summed E-state index contributed by atoms with van der Waals surface area (Å²) in [6, 6.07) is 1.91. The molecule has 2 rings (SSSR count). The van der Waals surface area contributed by atoms with E-state index in [2.05, 4.69) is 24.1 Å². The maximum absolute atomic E-state index is 3.89. The van der Waals surface area contributed by atoms with Crippen LogP contribution in [0.5, 0.6) is 0 Å². The number of rotatable bonds is 4. The van der Waals surface area contributed by atoms with Crippen molar-refractivity contribution in [2.45, 2.75) is 70.0 Å². The summed E-state index contributed by atoms with van der Waals surface area (Å²) in [6.45, 7) is 7.33. The third kappa shape index (κ3) is 3.56. The molecular formula is C15H28N2. The van der Waals surface area contributed by atoms with E-state index in [0.29, 0.717) is 12.1 Å². The van der Waals surface area contributed by atoms with E-state index in [1.54, 1.807) is 0 Å². The van der Waals surface area contributed by atoms with Crippen LogP contribution in [0.3, 0.4) is 0 Å². The van der Waals surface area contributed by atoms with Crippen molar-refractivity contribution in [3.8, 4) is 0 Å². The van der Waals surface area contributed by atoms with E-state index >= 15 is 0 Å². The number of nitrogens with one attached hydrogen (secondary N) is 2. The van der Waals surface area contributed by atoms with Crippen LogP contribution in [0.4, 0.5) is 0 Å². The summed E-state index contributed by atoms with van der Waals surface area (Å²) >= 11 is 0. The summed E-state index contributed by atoms with van der Waals surface area (Å²) in [5, 5.41) is 7.50. The summed E-state index contributed by atoms with van der Waals surface area (Å²) in [5.74, 6) is 0.839. The minimum Gasteiger partial charge on any atom is -0.314 e. The lowest BCUT2D eigenvalue weighted by atomic mass is 9.77. The number of piperidine rings is 1. The lowest BCUT2D eigenvalue weighted by Crippen LogP contribution is -2.52. The molecule has 1 aliphatic carbocycles. The van der Waals surface area contributed by atoms with Crippen molar-refractivity contribution in [1.82, 2.24) is 10.6 Å². The standard InChI is InChI=1S/C15H28N2/c1-3-12(2)17-15-10-5-4-8-13(15)14-9-6-7-11-16-14/h3,12-17H,1,4-11H2,2H3. The summed E-state index contributed by atoms with van der Waals surface area (Å²) in [4.78, 5) is 0. The first-order chi connectivity index (χ1) is 8.31. The highest BCUT2D eigenvalue weighted by Gasteiger charge is 2.32. The van der Waals surface area contributed by atoms with E-state index in [4.69, 9.17) is 0 Å². The van der Waals surface area contributed by atoms with Crippen LogP contribution < -0.4 is 10.6 Å². The molecule has 98 valence electrons. The van der Waals surface area contributed by atoms with Gasteiger partial charge in [0.25, 0.3) is 0 Å². The van der Waals surface area contributed by atoms with Gasteiger partial charge in [-0.3, -0.25) is 0 Å². The van der Waals surface area contributed by atoms with Gasteiger partial charge in [-0.25, -0.2) is 0 Å². The van der Waals surface area contributed by atoms with Crippen molar-refractivity contribution in [2.75, 3.05) is 6.54 Å².